The van der Waals surface area contributed by atoms with Crippen molar-refractivity contribution in [2.45, 2.75) is 31.8 Å². The molecule has 3 aliphatic rings. The van der Waals surface area contributed by atoms with Crippen molar-refractivity contribution in [3.8, 4) is 5.75 Å². The first-order valence-electron chi connectivity index (χ1n) is 9.66. The Balaban J connectivity index is 0.00000192. The number of amides is 1. The minimum atomic E-state index is -0.305. The van der Waals surface area contributed by atoms with Gasteiger partial charge in [-0.25, -0.2) is 0 Å². The van der Waals surface area contributed by atoms with Crippen molar-refractivity contribution in [2.75, 3.05) is 19.7 Å². The van der Waals surface area contributed by atoms with E-state index in [9.17, 15) is 9.59 Å². The highest BCUT2D eigenvalue weighted by molar-refractivity contribution is 5.93. The van der Waals surface area contributed by atoms with Crippen LogP contribution in [0.25, 0.3) is 0 Å². The Morgan fingerprint density at radius 3 is 3.04 bits per heavy atom. The molecule has 1 aromatic heterocycles. The monoisotopic (exact) mass is 401 g/mol. The fourth-order valence-corrected chi connectivity index (χ4v) is 4.59. The highest BCUT2D eigenvalue weighted by Crippen LogP contribution is 2.31. The number of nitrogens with zero attached hydrogens (tertiary/aromatic N) is 1. The van der Waals surface area contributed by atoms with Crippen LogP contribution in [-0.2, 0) is 19.5 Å². The number of pyridine rings is 1. The van der Waals surface area contributed by atoms with E-state index in [-0.39, 0.29) is 29.4 Å². The molecule has 5 rings (SSSR count). The molecule has 2 aromatic rings. The van der Waals surface area contributed by atoms with Crippen molar-refractivity contribution in [3.05, 3.63) is 63.1 Å². The van der Waals surface area contributed by atoms with Crippen LogP contribution >= 0.6 is 12.4 Å². The third-order valence-electron chi connectivity index (χ3n) is 5.96. The quantitative estimate of drug-likeness (QED) is 0.823. The number of nitrogens with one attached hydrogen (secondary N) is 2. The van der Waals surface area contributed by atoms with Gasteiger partial charge in [-0.3, -0.25) is 9.59 Å². The zero-order valence-corrected chi connectivity index (χ0v) is 16.4. The Bertz CT molecular complexity index is 972. The lowest BCUT2D eigenvalue weighted by Gasteiger charge is -2.37. The number of hydrogen-bond donors (Lipinski definition) is 2. The maximum atomic E-state index is 12.9. The predicted molar refractivity (Wildman–Crippen MR) is 108 cm³/mol. The van der Waals surface area contributed by atoms with Crippen molar-refractivity contribution in [3.63, 3.8) is 0 Å². The number of benzene rings is 1. The number of aromatic nitrogens is 1. The second-order valence-corrected chi connectivity index (χ2v) is 7.77. The standard InChI is InChI=1S/C21H23N3O3.ClH/c25-20(23-10-13-1-4-19-15(7-13)5-6-27-19)17-2-3-18-16-8-14(9-22-11-16)12-24(18)21(17)26;/h1-4,7,14,16,22H,5-6,8-12H2,(H,23,25);1H/t14-,16+;/m0./s1. The molecule has 4 heterocycles. The second-order valence-electron chi connectivity index (χ2n) is 7.77. The third-order valence-corrected chi connectivity index (χ3v) is 5.96. The first-order chi connectivity index (χ1) is 13.2. The van der Waals surface area contributed by atoms with Crippen LogP contribution in [0.15, 0.2) is 35.1 Å². The Morgan fingerprint density at radius 2 is 2.14 bits per heavy atom. The predicted octanol–water partition coefficient (Wildman–Crippen LogP) is 1.84. The average molecular weight is 402 g/mol. The first-order valence-corrected chi connectivity index (χ1v) is 9.66. The Morgan fingerprint density at radius 1 is 1.25 bits per heavy atom. The third kappa shape index (κ3) is 3.31. The zero-order chi connectivity index (χ0) is 18.4. The number of carbonyl (C=O) groups is 1. The van der Waals surface area contributed by atoms with Gasteiger partial charge < -0.3 is 19.9 Å². The normalized spacial score (nSPS) is 21.7. The number of ether oxygens (including phenoxy) is 1. The Labute approximate surface area is 169 Å². The second kappa shape index (κ2) is 7.60. The molecule has 2 N–H and O–H groups in total. The maximum absolute atomic E-state index is 12.9. The van der Waals surface area contributed by atoms with Crippen LogP contribution in [0.3, 0.4) is 0 Å². The number of rotatable bonds is 3. The topological polar surface area (TPSA) is 72.4 Å². The maximum Gasteiger partial charge on any atom is 0.263 e. The molecule has 1 aromatic carbocycles. The number of halogens is 1. The van der Waals surface area contributed by atoms with Crippen LogP contribution in [0.2, 0.25) is 0 Å². The van der Waals surface area contributed by atoms with E-state index in [1.54, 1.807) is 6.07 Å². The molecule has 2 atom stereocenters. The molecule has 0 unspecified atom stereocenters. The molecule has 148 valence electrons. The summed E-state index contributed by atoms with van der Waals surface area (Å²) in [6, 6.07) is 9.62. The van der Waals surface area contributed by atoms with E-state index in [1.165, 1.54) is 5.56 Å². The summed E-state index contributed by atoms with van der Waals surface area (Å²) in [5, 5.41) is 6.34. The molecule has 7 heteroatoms. The fraction of sp³-hybridized carbons (Fsp3) is 0.429. The summed E-state index contributed by atoms with van der Waals surface area (Å²) in [6.45, 7) is 3.67. The summed E-state index contributed by atoms with van der Waals surface area (Å²) in [7, 11) is 0. The van der Waals surface area contributed by atoms with Crippen LogP contribution < -0.4 is 20.9 Å². The molecule has 0 radical (unpaired) electrons. The van der Waals surface area contributed by atoms with E-state index in [0.717, 1.165) is 42.9 Å². The van der Waals surface area contributed by atoms with Crippen LogP contribution in [0.4, 0.5) is 0 Å². The Hall–Kier alpha value is -2.31. The minimum Gasteiger partial charge on any atom is -0.493 e. The molecule has 1 saturated heterocycles. The lowest BCUT2D eigenvalue weighted by Crippen LogP contribution is -2.46. The van der Waals surface area contributed by atoms with E-state index < -0.39 is 0 Å². The van der Waals surface area contributed by atoms with Crippen molar-refractivity contribution in [1.82, 2.24) is 15.2 Å². The highest BCUT2D eigenvalue weighted by Gasteiger charge is 2.31. The first kappa shape index (κ1) is 19.0. The van der Waals surface area contributed by atoms with Crippen molar-refractivity contribution >= 4 is 18.3 Å². The zero-order valence-electron chi connectivity index (χ0n) is 15.6. The van der Waals surface area contributed by atoms with E-state index in [4.69, 9.17) is 4.74 Å². The molecule has 0 spiro atoms. The summed E-state index contributed by atoms with van der Waals surface area (Å²) in [5.41, 5.74) is 3.32. The van der Waals surface area contributed by atoms with Crippen LogP contribution in [0, 0.1) is 5.92 Å². The number of fused-ring (bicyclic) bond motifs is 5. The largest absolute Gasteiger partial charge is 0.493 e. The van der Waals surface area contributed by atoms with Crippen molar-refractivity contribution in [1.29, 1.82) is 0 Å². The fourth-order valence-electron chi connectivity index (χ4n) is 4.59. The van der Waals surface area contributed by atoms with Gasteiger partial charge in [0.2, 0.25) is 0 Å². The smallest absolute Gasteiger partial charge is 0.263 e. The van der Waals surface area contributed by atoms with E-state index in [0.29, 0.717) is 31.5 Å². The van der Waals surface area contributed by atoms with Gasteiger partial charge >= 0.3 is 0 Å². The van der Waals surface area contributed by atoms with Gasteiger partial charge in [0.25, 0.3) is 11.5 Å². The van der Waals surface area contributed by atoms with Gasteiger partial charge in [-0.05, 0) is 48.2 Å². The van der Waals surface area contributed by atoms with Crippen molar-refractivity contribution in [2.24, 2.45) is 5.92 Å². The van der Waals surface area contributed by atoms with Crippen LogP contribution in [0.1, 0.15) is 39.5 Å². The molecule has 0 aliphatic carbocycles. The van der Waals surface area contributed by atoms with Gasteiger partial charge in [-0.2, -0.15) is 0 Å². The summed E-state index contributed by atoms with van der Waals surface area (Å²) >= 11 is 0. The summed E-state index contributed by atoms with van der Waals surface area (Å²) in [4.78, 5) is 25.6. The number of piperidine rings is 1. The average Bonchev–Trinajstić information content (AvgIpc) is 3.15. The number of hydrogen-bond acceptors (Lipinski definition) is 4. The van der Waals surface area contributed by atoms with E-state index in [1.807, 2.05) is 22.8 Å². The van der Waals surface area contributed by atoms with Gasteiger partial charge in [-0.1, -0.05) is 12.1 Å². The SMILES string of the molecule is Cl.O=C(NCc1ccc2c(c1)CCO2)c1ccc2n(c1=O)C[C@@H]1CNC[C@H]2C1. The summed E-state index contributed by atoms with van der Waals surface area (Å²) in [5.74, 6) is 1.47. The molecule has 28 heavy (non-hydrogen) atoms. The van der Waals surface area contributed by atoms with Gasteiger partial charge in [0.15, 0.2) is 0 Å². The lowest BCUT2D eigenvalue weighted by atomic mass is 9.84. The Kier molecular flexibility index (Phi) is 5.17. The van der Waals surface area contributed by atoms with Gasteiger partial charge in [0, 0.05) is 37.7 Å². The van der Waals surface area contributed by atoms with Crippen LogP contribution in [0.5, 0.6) is 5.75 Å². The lowest BCUT2D eigenvalue weighted by molar-refractivity contribution is 0.0948. The minimum absolute atomic E-state index is 0. The molecule has 6 nitrogen and oxygen atoms in total. The molecular formula is C21H24ClN3O3. The van der Waals surface area contributed by atoms with Crippen molar-refractivity contribution < 1.29 is 9.53 Å². The number of carbonyl (C=O) groups excluding carboxylic acids is 1. The summed E-state index contributed by atoms with van der Waals surface area (Å²) < 4.78 is 7.33. The molecule has 1 fully saturated rings. The van der Waals surface area contributed by atoms with E-state index in [2.05, 4.69) is 16.7 Å². The van der Waals surface area contributed by atoms with E-state index >= 15 is 0 Å². The molecule has 2 bridgehead atoms. The van der Waals surface area contributed by atoms with Gasteiger partial charge in [-0.15, -0.1) is 12.4 Å². The molecular weight excluding hydrogens is 378 g/mol. The molecule has 1 amide bonds. The van der Waals surface area contributed by atoms with Gasteiger partial charge in [0.05, 0.1) is 6.61 Å². The highest BCUT2D eigenvalue weighted by atomic mass is 35.5. The molecule has 3 aliphatic heterocycles. The molecule has 0 saturated carbocycles. The van der Waals surface area contributed by atoms with Crippen LogP contribution in [-0.4, -0.2) is 30.2 Å². The van der Waals surface area contributed by atoms with Gasteiger partial charge in [0.1, 0.15) is 11.3 Å². The summed E-state index contributed by atoms with van der Waals surface area (Å²) in [6.07, 6.45) is 2.03.